The van der Waals surface area contributed by atoms with Crippen molar-refractivity contribution in [2.75, 3.05) is 5.32 Å². The summed E-state index contributed by atoms with van der Waals surface area (Å²) >= 11 is 1.48. The van der Waals surface area contributed by atoms with Gasteiger partial charge < -0.3 is 15.7 Å². The first-order valence-corrected chi connectivity index (χ1v) is 7.47. The molecule has 0 aliphatic rings. The van der Waals surface area contributed by atoms with Crippen LogP contribution in [0.3, 0.4) is 0 Å². The van der Waals surface area contributed by atoms with E-state index in [2.05, 4.69) is 10.6 Å². The van der Waals surface area contributed by atoms with E-state index in [9.17, 15) is 14.3 Å². The van der Waals surface area contributed by atoms with E-state index in [1.165, 1.54) is 29.5 Å². The van der Waals surface area contributed by atoms with Crippen LogP contribution in [0.5, 0.6) is 0 Å². The Bertz CT molecular complexity index is 589. The molecule has 21 heavy (non-hydrogen) atoms. The maximum atomic E-state index is 13.0. The second-order valence-electron chi connectivity index (χ2n) is 4.78. The predicted octanol–water partition coefficient (Wildman–Crippen LogP) is 3.52. The van der Waals surface area contributed by atoms with Gasteiger partial charge in [0, 0.05) is 16.6 Å². The number of anilines is 1. The molecule has 2 aromatic rings. The van der Waals surface area contributed by atoms with Crippen molar-refractivity contribution in [3.8, 4) is 0 Å². The summed E-state index contributed by atoms with van der Waals surface area (Å²) in [6, 6.07) is 8.77. The zero-order valence-corrected chi connectivity index (χ0v) is 12.4. The maximum absolute atomic E-state index is 13.0. The van der Waals surface area contributed by atoms with Gasteiger partial charge in [0.15, 0.2) is 0 Å². The molecule has 112 valence electrons. The number of carbonyl (C=O) groups excluding carboxylic acids is 1. The summed E-state index contributed by atoms with van der Waals surface area (Å²) in [7, 11) is 0. The molecule has 0 spiro atoms. The molecule has 4 nitrogen and oxygen atoms in total. The summed E-state index contributed by atoms with van der Waals surface area (Å²) in [6.07, 6.45) is -0.189. The van der Waals surface area contributed by atoms with Gasteiger partial charge in [-0.25, -0.2) is 9.18 Å². The highest BCUT2D eigenvalue weighted by molar-refractivity contribution is 7.10. The van der Waals surface area contributed by atoms with Crippen molar-refractivity contribution in [2.45, 2.75) is 25.5 Å². The molecule has 0 fully saturated rings. The standard InChI is InChI=1S/C15H17FN2O2S/c1-10(8-13(19)14-6-3-7-21-14)17-15(20)18-12-5-2-4-11(16)9-12/h2-7,9-10,13,19H,8H2,1H3,(H2,17,18,20)/t10-,13+/m1/s1. The van der Waals surface area contributed by atoms with Gasteiger partial charge in [0.25, 0.3) is 0 Å². The smallest absolute Gasteiger partial charge is 0.319 e. The number of halogens is 1. The molecule has 0 aliphatic carbocycles. The lowest BCUT2D eigenvalue weighted by molar-refractivity contribution is 0.158. The molecule has 0 unspecified atom stereocenters. The number of aliphatic hydroxyl groups is 1. The molecule has 2 rings (SSSR count). The van der Waals surface area contributed by atoms with Crippen molar-refractivity contribution in [3.63, 3.8) is 0 Å². The molecule has 0 saturated heterocycles. The zero-order chi connectivity index (χ0) is 15.2. The van der Waals surface area contributed by atoms with Gasteiger partial charge in [0.2, 0.25) is 0 Å². The lowest BCUT2D eigenvalue weighted by atomic mass is 10.1. The number of rotatable bonds is 5. The van der Waals surface area contributed by atoms with Crippen molar-refractivity contribution in [1.82, 2.24) is 5.32 Å². The fraction of sp³-hybridized carbons (Fsp3) is 0.267. The number of thiophene rings is 1. The van der Waals surface area contributed by atoms with Crippen molar-refractivity contribution in [3.05, 3.63) is 52.5 Å². The highest BCUT2D eigenvalue weighted by Crippen LogP contribution is 2.22. The first-order valence-electron chi connectivity index (χ1n) is 6.59. The molecule has 0 aliphatic heterocycles. The Morgan fingerprint density at radius 3 is 2.86 bits per heavy atom. The summed E-state index contributed by atoms with van der Waals surface area (Å²) in [5.41, 5.74) is 0.388. The van der Waals surface area contributed by atoms with Crippen LogP contribution >= 0.6 is 11.3 Å². The van der Waals surface area contributed by atoms with Crippen LogP contribution in [0.1, 0.15) is 24.3 Å². The van der Waals surface area contributed by atoms with Gasteiger partial charge in [-0.15, -0.1) is 11.3 Å². The third kappa shape index (κ3) is 4.84. The van der Waals surface area contributed by atoms with Gasteiger partial charge in [0.05, 0.1) is 6.10 Å². The molecular formula is C15H17FN2O2S. The van der Waals surface area contributed by atoms with Crippen molar-refractivity contribution in [2.24, 2.45) is 0 Å². The summed E-state index contributed by atoms with van der Waals surface area (Å²) in [5, 5.41) is 17.2. The van der Waals surface area contributed by atoms with E-state index >= 15 is 0 Å². The van der Waals surface area contributed by atoms with E-state index in [0.717, 1.165) is 4.88 Å². The van der Waals surface area contributed by atoms with E-state index in [4.69, 9.17) is 0 Å². The normalized spacial score (nSPS) is 13.5. The summed E-state index contributed by atoms with van der Waals surface area (Å²) < 4.78 is 13.0. The number of amides is 2. The van der Waals surface area contributed by atoms with Crippen LogP contribution in [0.25, 0.3) is 0 Å². The molecule has 1 heterocycles. The summed E-state index contributed by atoms with van der Waals surface area (Å²) in [6.45, 7) is 1.81. The maximum Gasteiger partial charge on any atom is 0.319 e. The number of hydrogen-bond acceptors (Lipinski definition) is 3. The SMILES string of the molecule is C[C@H](C[C@H](O)c1cccs1)NC(=O)Nc1cccc(F)c1. The highest BCUT2D eigenvalue weighted by Gasteiger charge is 2.15. The monoisotopic (exact) mass is 308 g/mol. The van der Waals surface area contributed by atoms with E-state index in [-0.39, 0.29) is 6.04 Å². The van der Waals surface area contributed by atoms with Gasteiger partial charge in [-0.05, 0) is 43.0 Å². The van der Waals surface area contributed by atoms with Crippen LogP contribution in [0.2, 0.25) is 0 Å². The van der Waals surface area contributed by atoms with Crippen LogP contribution in [-0.4, -0.2) is 17.2 Å². The van der Waals surface area contributed by atoms with Crippen LogP contribution < -0.4 is 10.6 Å². The Morgan fingerprint density at radius 2 is 2.19 bits per heavy atom. The van der Waals surface area contributed by atoms with E-state index in [1.807, 2.05) is 24.4 Å². The molecule has 2 amide bonds. The number of nitrogens with one attached hydrogen (secondary N) is 2. The van der Waals surface area contributed by atoms with Gasteiger partial charge in [-0.3, -0.25) is 0 Å². The first kappa shape index (κ1) is 15.5. The molecule has 0 saturated carbocycles. The number of aliphatic hydroxyl groups excluding tert-OH is 1. The molecule has 2 atom stereocenters. The molecule has 6 heteroatoms. The van der Waals surface area contributed by atoms with E-state index < -0.39 is 18.0 Å². The van der Waals surface area contributed by atoms with Crippen LogP contribution in [0.4, 0.5) is 14.9 Å². The largest absolute Gasteiger partial charge is 0.387 e. The van der Waals surface area contributed by atoms with Crippen molar-refractivity contribution >= 4 is 23.1 Å². The number of benzene rings is 1. The number of hydrogen-bond donors (Lipinski definition) is 3. The minimum atomic E-state index is -0.602. The predicted molar refractivity (Wildman–Crippen MR) is 81.9 cm³/mol. The third-order valence-electron chi connectivity index (χ3n) is 2.91. The minimum absolute atomic E-state index is 0.212. The second kappa shape index (κ2) is 7.19. The second-order valence-corrected chi connectivity index (χ2v) is 5.76. The quantitative estimate of drug-likeness (QED) is 0.791. The van der Waals surface area contributed by atoms with Crippen LogP contribution in [-0.2, 0) is 0 Å². The topological polar surface area (TPSA) is 61.4 Å². The number of urea groups is 1. The van der Waals surface area contributed by atoms with Gasteiger partial charge in [0.1, 0.15) is 5.82 Å². The Hall–Kier alpha value is -1.92. The fourth-order valence-corrected chi connectivity index (χ4v) is 2.67. The lowest BCUT2D eigenvalue weighted by Crippen LogP contribution is -2.36. The van der Waals surface area contributed by atoms with E-state index in [0.29, 0.717) is 12.1 Å². The Labute approximate surface area is 126 Å². The highest BCUT2D eigenvalue weighted by atomic mass is 32.1. The zero-order valence-electron chi connectivity index (χ0n) is 11.5. The molecule has 1 aromatic carbocycles. The van der Waals surface area contributed by atoms with E-state index in [1.54, 1.807) is 6.07 Å². The van der Waals surface area contributed by atoms with Crippen molar-refractivity contribution in [1.29, 1.82) is 0 Å². The Kier molecular flexibility index (Phi) is 5.30. The lowest BCUT2D eigenvalue weighted by Gasteiger charge is -2.17. The molecule has 1 aromatic heterocycles. The van der Waals surface area contributed by atoms with Gasteiger partial charge in [-0.2, -0.15) is 0 Å². The first-order chi connectivity index (χ1) is 10.0. The van der Waals surface area contributed by atoms with Crippen LogP contribution in [0.15, 0.2) is 41.8 Å². The molecular weight excluding hydrogens is 291 g/mol. The summed E-state index contributed by atoms with van der Waals surface area (Å²) in [5.74, 6) is -0.408. The van der Waals surface area contributed by atoms with Crippen molar-refractivity contribution < 1.29 is 14.3 Å². The Morgan fingerprint density at radius 1 is 1.38 bits per heavy atom. The molecule has 3 N–H and O–H groups in total. The molecule has 0 radical (unpaired) electrons. The Balaban J connectivity index is 1.82. The number of carbonyl (C=O) groups is 1. The fourth-order valence-electron chi connectivity index (χ4n) is 1.95. The average Bonchev–Trinajstić information content (AvgIpc) is 2.91. The minimum Gasteiger partial charge on any atom is -0.387 e. The summed E-state index contributed by atoms with van der Waals surface area (Å²) in [4.78, 5) is 12.6. The van der Waals surface area contributed by atoms with Crippen LogP contribution in [0, 0.1) is 5.82 Å². The average molecular weight is 308 g/mol. The van der Waals surface area contributed by atoms with Gasteiger partial charge >= 0.3 is 6.03 Å². The van der Waals surface area contributed by atoms with Gasteiger partial charge in [-0.1, -0.05) is 12.1 Å². The molecule has 0 bridgehead atoms. The third-order valence-corrected chi connectivity index (χ3v) is 3.88.